The maximum atomic E-state index is 12.6. The highest BCUT2D eigenvalue weighted by atomic mass is 32.1. The van der Waals surface area contributed by atoms with Crippen molar-refractivity contribution in [3.63, 3.8) is 0 Å². The number of hydrogen-bond acceptors (Lipinski definition) is 8. The number of piperidine rings is 1. The molecule has 0 spiro atoms. The van der Waals surface area contributed by atoms with E-state index in [0.717, 1.165) is 32.4 Å². The lowest BCUT2D eigenvalue weighted by atomic mass is 9.96. The molecule has 9 nitrogen and oxygen atoms in total. The van der Waals surface area contributed by atoms with Crippen molar-refractivity contribution in [2.24, 2.45) is 5.92 Å². The molecule has 2 aromatic heterocycles. The number of fused-ring (bicyclic) bond motifs is 1. The number of carbonyl (C=O) groups excluding carboxylic acids is 2. The lowest BCUT2D eigenvalue weighted by Crippen LogP contribution is -2.41. The zero-order chi connectivity index (χ0) is 23.3. The molecule has 1 fully saturated rings. The summed E-state index contributed by atoms with van der Waals surface area (Å²) >= 11 is 1.18. The number of aryl methyl sites for hydroxylation is 1. The number of amides is 1. The molecule has 1 aliphatic rings. The van der Waals surface area contributed by atoms with Crippen LogP contribution in [0.3, 0.4) is 0 Å². The molecule has 1 aliphatic heterocycles. The van der Waals surface area contributed by atoms with Crippen LogP contribution >= 0.6 is 11.3 Å². The second kappa shape index (κ2) is 11.0. The highest BCUT2D eigenvalue weighted by Gasteiger charge is 2.26. The van der Waals surface area contributed by atoms with Crippen molar-refractivity contribution < 1.29 is 19.1 Å². The number of ether oxygens (including phenoxy) is 2. The maximum Gasteiger partial charge on any atom is 0.348 e. The van der Waals surface area contributed by atoms with Crippen LogP contribution in [-0.2, 0) is 20.8 Å². The van der Waals surface area contributed by atoms with Crippen LogP contribution in [0.1, 0.15) is 54.2 Å². The van der Waals surface area contributed by atoms with Crippen molar-refractivity contribution in [3.05, 3.63) is 26.6 Å². The largest absolute Gasteiger partial charge is 0.465 e. The second-order valence-corrected chi connectivity index (χ2v) is 9.35. The molecule has 0 atom stereocenters. The molecular weight excluding hydrogens is 432 g/mol. The molecule has 1 saturated heterocycles. The van der Waals surface area contributed by atoms with E-state index in [9.17, 15) is 14.4 Å². The van der Waals surface area contributed by atoms with Gasteiger partial charge in [0.2, 0.25) is 5.91 Å². The van der Waals surface area contributed by atoms with E-state index in [2.05, 4.69) is 20.2 Å². The van der Waals surface area contributed by atoms with E-state index < -0.39 is 5.97 Å². The van der Waals surface area contributed by atoms with Crippen LogP contribution in [0.25, 0.3) is 10.2 Å². The summed E-state index contributed by atoms with van der Waals surface area (Å²) in [4.78, 5) is 47.5. The van der Waals surface area contributed by atoms with Crippen molar-refractivity contribution in [1.82, 2.24) is 20.2 Å². The van der Waals surface area contributed by atoms with Crippen LogP contribution in [-0.4, -0.2) is 66.2 Å². The topological polar surface area (TPSA) is 114 Å². The van der Waals surface area contributed by atoms with Gasteiger partial charge >= 0.3 is 5.97 Å². The van der Waals surface area contributed by atoms with Crippen molar-refractivity contribution in [2.75, 3.05) is 33.4 Å². The molecule has 10 heteroatoms. The van der Waals surface area contributed by atoms with E-state index in [1.807, 2.05) is 13.8 Å². The molecule has 176 valence electrons. The summed E-state index contributed by atoms with van der Waals surface area (Å²) in [6.07, 6.45) is 2.56. The normalized spacial score (nSPS) is 15.4. The van der Waals surface area contributed by atoms with Crippen LogP contribution in [0.2, 0.25) is 0 Å². The highest BCUT2D eigenvalue weighted by Crippen LogP contribution is 2.28. The van der Waals surface area contributed by atoms with Crippen molar-refractivity contribution in [1.29, 1.82) is 0 Å². The number of nitrogens with zero attached hydrogens (tertiary/aromatic N) is 2. The van der Waals surface area contributed by atoms with Gasteiger partial charge in [-0.05, 0) is 58.7 Å². The van der Waals surface area contributed by atoms with Crippen LogP contribution in [0.4, 0.5) is 0 Å². The summed E-state index contributed by atoms with van der Waals surface area (Å²) in [7, 11) is 1.32. The number of rotatable bonds is 9. The second-order valence-electron chi connectivity index (χ2n) is 8.36. The number of carbonyl (C=O) groups is 2. The van der Waals surface area contributed by atoms with Gasteiger partial charge in [0.05, 0.1) is 25.1 Å². The van der Waals surface area contributed by atoms with E-state index in [1.54, 1.807) is 6.92 Å². The standard InChI is InChI=1S/C22H32N4O5S/c1-13(2)31-11-5-8-23-19(27)15-6-9-26(10-7-15)12-16-24-20(28)17-14(3)18(22(29)30-4)32-21(17)25-16/h13,15H,5-12H2,1-4H3,(H,23,27)(H,24,25,28). The first-order valence-electron chi connectivity index (χ1n) is 11.0. The molecule has 0 bridgehead atoms. The molecule has 0 saturated carbocycles. The van der Waals surface area contributed by atoms with Gasteiger partial charge in [0.25, 0.3) is 5.56 Å². The predicted octanol–water partition coefficient (Wildman–Crippen LogP) is 2.22. The lowest BCUT2D eigenvalue weighted by Gasteiger charge is -2.30. The molecule has 3 rings (SSSR count). The Labute approximate surface area is 191 Å². The van der Waals surface area contributed by atoms with Crippen LogP contribution in [0, 0.1) is 12.8 Å². The van der Waals surface area contributed by atoms with E-state index in [1.165, 1.54) is 18.4 Å². The Morgan fingerprint density at radius 1 is 1.31 bits per heavy atom. The number of H-pyrrole nitrogens is 1. The summed E-state index contributed by atoms with van der Waals surface area (Å²) in [5, 5.41) is 3.44. The lowest BCUT2D eigenvalue weighted by molar-refractivity contribution is -0.126. The summed E-state index contributed by atoms with van der Waals surface area (Å²) in [5.74, 6) is 0.216. The zero-order valence-corrected chi connectivity index (χ0v) is 20.0. The van der Waals surface area contributed by atoms with Crippen LogP contribution in [0.5, 0.6) is 0 Å². The number of esters is 1. The number of methoxy groups -OCH3 is 1. The first-order valence-corrected chi connectivity index (χ1v) is 11.8. The Bertz CT molecular complexity index is 1010. The minimum Gasteiger partial charge on any atom is -0.465 e. The first-order chi connectivity index (χ1) is 15.3. The summed E-state index contributed by atoms with van der Waals surface area (Å²) in [5.41, 5.74) is 0.351. The minimum atomic E-state index is -0.459. The zero-order valence-electron chi connectivity index (χ0n) is 19.2. The average Bonchev–Trinajstić information content (AvgIpc) is 3.09. The Morgan fingerprint density at radius 3 is 2.69 bits per heavy atom. The molecule has 3 heterocycles. The van der Waals surface area contributed by atoms with E-state index in [4.69, 9.17) is 9.47 Å². The quantitative estimate of drug-likeness (QED) is 0.432. The fourth-order valence-electron chi connectivity index (χ4n) is 3.86. The van der Waals surface area contributed by atoms with Gasteiger partial charge in [-0.2, -0.15) is 0 Å². The third kappa shape index (κ3) is 5.93. The van der Waals surface area contributed by atoms with Gasteiger partial charge in [-0.3, -0.25) is 14.5 Å². The maximum absolute atomic E-state index is 12.6. The van der Waals surface area contributed by atoms with E-state index >= 15 is 0 Å². The van der Waals surface area contributed by atoms with Crippen molar-refractivity contribution in [3.8, 4) is 0 Å². The van der Waals surface area contributed by atoms with Crippen LogP contribution in [0.15, 0.2) is 4.79 Å². The summed E-state index contributed by atoms with van der Waals surface area (Å²) in [6.45, 7) is 9.01. The number of hydrogen-bond donors (Lipinski definition) is 2. The fraction of sp³-hybridized carbons (Fsp3) is 0.636. The molecule has 2 N–H and O–H groups in total. The monoisotopic (exact) mass is 464 g/mol. The number of aromatic nitrogens is 2. The molecule has 1 amide bonds. The third-order valence-corrected chi connectivity index (χ3v) is 6.79. The average molecular weight is 465 g/mol. The number of aromatic amines is 1. The molecule has 2 aromatic rings. The molecule has 0 aliphatic carbocycles. The Hall–Kier alpha value is -2.30. The fourth-order valence-corrected chi connectivity index (χ4v) is 4.98. The molecule has 0 unspecified atom stereocenters. The molecule has 0 radical (unpaired) electrons. The number of likely N-dealkylation sites (tertiary alicyclic amines) is 1. The van der Waals surface area contributed by atoms with Crippen molar-refractivity contribution >= 4 is 33.4 Å². The van der Waals surface area contributed by atoms with Gasteiger partial charge in [0.1, 0.15) is 15.5 Å². The van der Waals surface area contributed by atoms with Gasteiger partial charge in [-0.15, -0.1) is 11.3 Å². The Morgan fingerprint density at radius 2 is 2.03 bits per heavy atom. The predicted molar refractivity (Wildman–Crippen MR) is 123 cm³/mol. The first kappa shape index (κ1) is 24.3. The summed E-state index contributed by atoms with van der Waals surface area (Å²) in [6, 6.07) is 0. The van der Waals surface area contributed by atoms with Gasteiger partial charge in [0, 0.05) is 19.1 Å². The number of thiophene rings is 1. The Balaban J connectivity index is 1.53. The third-order valence-electron chi connectivity index (χ3n) is 5.62. The van der Waals surface area contributed by atoms with Crippen molar-refractivity contribution in [2.45, 2.75) is 52.7 Å². The van der Waals surface area contributed by atoms with Gasteiger partial charge < -0.3 is 19.8 Å². The molecule has 32 heavy (non-hydrogen) atoms. The summed E-state index contributed by atoms with van der Waals surface area (Å²) < 4.78 is 10.3. The smallest absolute Gasteiger partial charge is 0.348 e. The number of nitrogens with one attached hydrogen (secondary N) is 2. The van der Waals surface area contributed by atoms with E-state index in [-0.39, 0.29) is 23.5 Å². The molecular formula is C22H32N4O5S. The Kier molecular flexibility index (Phi) is 8.38. The van der Waals surface area contributed by atoms with E-state index in [0.29, 0.717) is 46.2 Å². The molecule has 0 aromatic carbocycles. The SMILES string of the molecule is COC(=O)c1sc2nc(CN3CCC(C(=O)NCCCOC(C)C)CC3)[nH]c(=O)c2c1C. The van der Waals surface area contributed by atoms with Crippen LogP contribution < -0.4 is 10.9 Å². The van der Waals surface area contributed by atoms with Gasteiger partial charge in [-0.25, -0.2) is 9.78 Å². The highest BCUT2D eigenvalue weighted by molar-refractivity contribution is 7.20. The minimum absolute atomic E-state index is 0.00863. The van der Waals surface area contributed by atoms with Gasteiger partial charge in [-0.1, -0.05) is 0 Å². The van der Waals surface area contributed by atoms with Gasteiger partial charge in [0.15, 0.2) is 0 Å².